The van der Waals surface area contributed by atoms with Crippen LogP contribution in [0, 0.1) is 6.92 Å². The number of ether oxygens (including phenoxy) is 2. The first kappa shape index (κ1) is 15.3. The zero-order chi connectivity index (χ0) is 15.4. The number of rotatable bonds is 6. The third kappa shape index (κ3) is 3.31. The number of hydrogen-bond acceptors (Lipinski definition) is 4. The molecule has 0 radical (unpaired) electrons. The van der Waals surface area contributed by atoms with Gasteiger partial charge in [0.25, 0.3) is 0 Å². The minimum Gasteiger partial charge on any atom is -0.453 e. The smallest absolute Gasteiger partial charge is 0.332 e. The highest BCUT2D eigenvalue weighted by atomic mass is 16.6. The van der Waals surface area contributed by atoms with E-state index < -0.39 is 12.1 Å². The molecule has 2 rings (SSSR count). The Kier molecular flexibility index (Phi) is 4.75. The number of benzene rings is 1. The van der Waals surface area contributed by atoms with E-state index >= 15 is 0 Å². The van der Waals surface area contributed by atoms with E-state index in [-0.39, 0.29) is 12.4 Å². The Labute approximate surface area is 123 Å². The number of ketones is 1. The van der Waals surface area contributed by atoms with Crippen molar-refractivity contribution in [2.75, 3.05) is 13.2 Å². The van der Waals surface area contributed by atoms with Crippen molar-refractivity contribution in [2.24, 2.45) is 0 Å². The summed E-state index contributed by atoms with van der Waals surface area (Å²) in [4.78, 5) is 27.2. The maximum atomic E-state index is 12.5. The van der Waals surface area contributed by atoms with Gasteiger partial charge in [-0.25, -0.2) is 4.79 Å². The average molecular weight is 289 g/mol. The van der Waals surface area contributed by atoms with Gasteiger partial charge < -0.3 is 14.5 Å². The Hall–Kier alpha value is -2.14. The molecular weight excluding hydrogens is 270 g/mol. The summed E-state index contributed by atoms with van der Waals surface area (Å²) < 4.78 is 10.1. The number of aryl methyl sites for hydroxylation is 1. The van der Waals surface area contributed by atoms with E-state index in [9.17, 15) is 9.59 Å². The van der Waals surface area contributed by atoms with Gasteiger partial charge in [-0.2, -0.15) is 0 Å². The molecule has 5 heteroatoms. The molecule has 0 saturated heterocycles. The number of aromatic nitrogens is 1. The van der Waals surface area contributed by atoms with E-state index in [4.69, 9.17) is 9.47 Å². The van der Waals surface area contributed by atoms with Gasteiger partial charge in [0.15, 0.2) is 6.10 Å². The molecule has 0 saturated carbocycles. The third-order valence-electron chi connectivity index (χ3n) is 3.24. The van der Waals surface area contributed by atoms with Gasteiger partial charge >= 0.3 is 5.97 Å². The normalized spacial score (nSPS) is 12.3. The van der Waals surface area contributed by atoms with Crippen molar-refractivity contribution in [1.82, 2.24) is 4.98 Å². The number of nitrogens with one attached hydrogen (secondary N) is 1. The van der Waals surface area contributed by atoms with Crippen molar-refractivity contribution < 1.29 is 19.1 Å². The van der Waals surface area contributed by atoms with Gasteiger partial charge in [0, 0.05) is 28.8 Å². The predicted octanol–water partition coefficient (Wildman–Crippen LogP) is 2.63. The highest BCUT2D eigenvalue weighted by molar-refractivity contribution is 6.11. The first-order valence-corrected chi connectivity index (χ1v) is 6.93. The van der Waals surface area contributed by atoms with Crippen LogP contribution in [-0.4, -0.2) is 36.1 Å². The van der Waals surface area contributed by atoms with Gasteiger partial charge in [0.05, 0.1) is 0 Å². The van der Waals surface area contributed by atoms with Crippen molar-refractivity contribution in [1.29, 1.82) is 0 Å². The first-order chi connectivity index (χ1) is 10.0. The van der Waals surface area contributed by atoms with E-state index in [0.29, 0.717) is 12.2 Å². The highest BCUT2D eigenvalue weighted by Crippen LogP contribution is 2.23. The molecular formula is C16H19NO4. The second-order valence-corrected chi connectivity index (χ2v) is 4.80. The van der Waals surface area contributed by atoms with Crippen LogP contribution in [0.3, 0.4) is 0 Å². The summed E-state index contributed by atoms with van der Waals surface area (Å²) in [6, 6.07) is 7.56. The number of H-pyrrole nitrogens is 1. The topological polar surface area (TPSA) is 68.4 Å². The minimum absolute atomic E-state index is 0.138. The molecule has 0 spiro atoms. The van der Waals surface area contributed by atoms with Crippen LogP contribution in [0.15, 0.2) is 24.3 Å². The van der Waals surface area contributed by atoms with Gasteiger partial charge in [-0.3, -0.25) is 4.79 Å². The lowest BCUT2D eigenvalue weighted by Crippen LogP contribution is -2.26. The van der Waals surface area contributed by atoms with Crippen LogP contribution in [0.2, 0.25) is 0 Å². The standard InChI is InChI=1S/C16H19NO4/c1-4-20-9-14(18)21-11(3)16(19)15-10(2)17-13-8-6-5-7-12(13)15/h5-8,11,17H,4,9H2,1-3H3/t11-/m1/s1. The van der Waals surface area contributed by atoms with E-state index in [2.05, 4.69) is 4.98 Å². The Morgan fingerprint density at radius 3 is 2.71 bits per heavy atom. The second-order valence-electron chi connectivity index (χ2n) is 4.80. The molecule has 21 heavy (non-hydrogen) atoms. The molecule has 0 aliphatic rings. The van der Waals surface area contributed by atoms with Crippen molar-refractivity contribution >= 4 is 22.7 Å². The van der Waals surface area contributed by atoms with Gasteiger partial charge in [0.1, 0.15) is 6.61 Å². The zero-order valence-corrected chi connectivity index (χ0v) is 12.4. The molecule has 1 N–H and O–H groups in total. The van der Waals surface area contributed by atoms with Crippen LogP contribution >= 0.6 is 0 Å². The average Bonchev–Trinajstić information content (AvgIpc) is 2.80. The number of Topliss-reactive ketones (excluding diaryl/α,β-unsaturated/α-hetero) is 1. The van der Waals surface area contributed by atoms with Crippen LogP contribution < -0.4 is 0 Å². The van der Waals surface area contributed by atoms with E-state index in [1.54, 1.807) is 13.8 Å². The summed E-state index contributed by atoms with van der Waals surface area (Å²) >= 11 is 0. The third-order valence-corrected chi connectivity index (χ3v) is 3.24. The van der Waals surface area contributed by atoms with Gasteiger partial charge in [-0.05, 0) is 26.8 Å². The molecule has 1 atom stereocenters. The lowest BCUT2D eigenvalue weighted by Gasteiger charge is -2.12. The monoisotopic (exact) mass is 289 g/mol. The SMILES string of the molecule is CCOCC(=O)O[C@H](C)C(=O)c1c(C)[nH]c2ccccc12. The Bertz CT molecular complexity index is 659. The van der Waals surface area contributed by atoms with Crippen LogP contribution in [0.5, 0.6) is 0 Å². The van der Waals surface area contributed by atoms with Crippen molar-refractivity contribution in [3.8, 4) is 0 Å². The molecule has 5 nitrogen and oxygen atoms in total. The van der Waals surface area contributed by atoms with Crippen molar-refractivity contribution in [3.05, 3.63) is 35.5 Å². The number of carbonyl (C=O) groups is 2. The summed E-state index contributed by atoms with van der Waals surface area (Å²) in [6.07, 6.45) is -0.837. The number of para-hydroxylation sites is 1. The maximum Gasteiger partial charge on any atom is 0.332 e. The van der Waals surface area contributed by atoms with Crippen LogP contribution in [0.1, 0.15) is 29.9 Å². The second kappa shape index (κ2) is 6.54. The first-order valence-electron chi connectivity index (χ1n) is 6.93. The molecule has 112 valence electrons. The summed E-state index contributed by atoms with van der Waals surface area (Å²) in [5.74, 6) is -0.745. The molecule has 0 amide bonds. The Morgan fingerprint density at radius 2 is 2.00 bits per heavy atom. The zero-order valence-electron chi connectivity index (χ0n) is 12.4. The fraction of sp³-hybridized carbons (Fsp3) is 0.375. The summed E-state index contributed by atoms with van der Waals surface area (Å²) in [5, 5.41) is 0.840. The quantitative estimate of drug-likeness (QED) is 0.655. The number of fused-ring (bicyclic) bond motifs is 1. The van der Waals surface area contributed by atoms with Crippen molar-refractivity contribution in [2.45, 2.75) is 26.9 Å². The van der Waals surface area contributed by atoms with E-state index in [1.165, 1.54) is 0 Å². The summed E-state index contributed by atoms with van der Waals surface area (Å²) in [5.41, 5.74) is 2.24. The van der Waals surface area contributed by atoms with Crippen LogP contribution in [-0.2, 0) is 14.3 Å². The fourth-order valence-corrected chi connectivity index (χ4v) is 2.27. The van der Waals surface area contributed by atoms with Gasteiger partial charge in [-0.15, -0.1) is 0 Å². The Morgan fingerprint density at radius 1 is 1.29 bits per heavy atom. The molecule has 1 heterocycles. The van der Waals surface area contributed by atoms with Crippen molar-refractivity contribution in [3.63, 3.8) is 0 Å². The largest absolute Gasteiger partial charge is 0.453 e. The van der Waals surface area contributed by atoms with Crippen LogP contribution in [0.25, 0.3) is 10.9 Å². The number of aromatic amines is 1. The minimum atomic E-state index is -0.837. The van der Waals surface area contributed by atoms with Crippen LogP contribution in [0.4, 0.5) is 0 Å². The molecule has 0 bridgehead atoms. The molecule has 0 unspecified atom stereocenters. The summed E-state index contributed by atoms with van der Waals surface area (Å²) in [6.45, 7) is 5.49. The molecule has 0 fully saturated rings. The van der Waals surface area contributed by atoms with Gasteiger partial charge in [0.2, 0.25) is 5.78 Å². The molecule has 0 aliphatic heterocycles. The molecule has 0 aliphatic carbocycles. The maximum absolute atomic E-state index is 12.5. The van der Waals surface area contributed by atoms with Gasteiger partial charge in [-0.1, -0.05) is 18.2 Å². The predicted molar refractivity (Wildman–Crippen MR) is 79.4 cm³/mol. The number of esters is 1. The highest BCUT2D eigenvalue weighted by Gasteiger charge is 2.24. The van der Waals surface area contributed by atoms with E-state index in [1.807, 2.05) is 31.2 Å². The number of carbonyl (C=O) groups excluding carboxylic acids is 2. The Balaban J connectivity index is 2.18. The molecule has 2 aromatic rings. The lowest BCUT2D eigenvalue weighted by atomic mass is 10.0. The molecule has 1 aromatic heterocycles. The van der Waals surface area contributed by atoms with E-state index in [0.717, 1.165) is 16.6 Å². The number of hydrogen-bond donors (Lipinski definition) is 1. The lowest BCUT2D eigenvalue weighted by molar-refractivity contribution is -0.151. The fourth-order valence-electron chi connectivity index (χ4n) is 2.27. The summed E-state index contributed by atoms with van der Waals surface area (Å²) in [7, 11) is 0. The molecule has 1 aromatic carbocycles.